The third kappa shape index (κ3) is 2.65. The number of nitrogens with one attached hydrogen (secondary N) is 1. The molecule has 112 valence electrons. The van der Waals surface area contributed by atoms with E-state index in [1.807, 2.05) is 18.2 Å². The normalized spacial score (nSPS) is 27.3. The third-order valence-corrected chi connectivity index (χ3v) is 5.37. The van der Waals surface area contributed by atoms with E-state index in [9.17, 15) is 4.79 Å². The number of thiazole rings is 1. The van der Waals surface area contributed by atoms with Gasteiger partial charge in [0.1, 0.15) is 0 Å². The Morgan fingerprint density at radius 3 is 2.86 bits per heavy atom. The van der Waals surface area contributed by atoms with Gasteiger partial charge in [-0.1, -0.05) is 6.07 Å². The molecule has 3 aliphatic heterocycles. The Morgan fingerprint density at radius 2 is 2.14 bits per heavy atom. The molecule has 4 nitrogen and oxygen atoms in total. The number of fused-ring (bicyclic) bond motifs is 4. The van der Waals surface area contributed by atoms with E-state index >= 15 is 0 Å². The summed E-state index contributed by atoms with van der Waals surface area (Å²) in [7, 11) is 0. The largest absolute Gasteiger partial charge is 0.348 e. The van der Waals surface area contributed by atoms with Gasteiger partial charge in [0.05, 0.1) is 21.3 Å². The van der Waals surface area contributed by atoms with Gasteiger partial charge in [0.2, 0.25) is 0 Å². The molecular formula is C15H18ClN3OS. The monoisotopic (exact) mass is 323 g/mol. The van der Waals surface area contributed by atoms with Crippen LogP contribution in [-0.4, -0.2) is 41.5 Å². The molecule has 0 unspecified atom stereocenters. The zero-order chi connectivity index (χ0) is 13.5. The van der Waals surface area contributed by atoms with Gasteiger partial charge in [0.25, 0.3) is 5.91 Å². The standard InChI is InChI=1S/C15H17N3OS.ClH/c19-15(11-2-1-3-13-14(11)16-9-20-13)17-12-8-18-6-4-10(12)5-7-18;/h1-3,9-10,12H,4-8H2,(H,17,19);1H/t12-;/m1./s1. The molecule has 21 heavy (non-hydrogen) atoms. The highest BCUT2D eigenvalue weighted by Gasteiger charge is 2.35. The Balaban J connectivity index is 0.00000132. The van der Waals surface area contributed by atoms with Crippen molar-refractivity contribution in [2.75, 3.05) is 19.6 Å². The molecule has 0 radical (unpaired) electrons. The average molecular weight is 324 g/mol. The van der Waals surface area contributed by atoms with Crippen molar-refractivity contribution in [3.05, 3.63) is 29.3 Å². The van der Waals surface area contributed by atoms with Crippen LogP contribution in [0.15, 0.2) is 23.7 Å². The van der Waals surface area contributed by atoms with Crippen molar-refractivity contribution in [2.24, 2.45) is 5.92 Å². The number of rotatable bonds is 2. The van der Waals surface area contributed by atoms with E-state index in [2.05, 4.69) is 15.2 Å². The number of nitrogens with zero attached hydrogens (tertiary/aromatic N) is 2. The molecule has 1 aromatic heterocycles. The molecule has 1 aromatic carbocycles. The van der Waals surface area contributed by atoms with Crippen LogP contribution < -0.4 is 5.32 Å². The van der Waals surface area contributed by atoms with Crippen molar-refractivity contribution in [3.8, 4) is 0 Å². The van der Waals surface area contributed by atoms with Gasteiger partial charge in [0.15, 0.2) is 0 Å². The number of carbonyl (C=O) groups is 1. The van der Waals surface area contributed by atoms with Crippen molar-refractivity contribution < 1.29 is 4.79 Å². The summed E-state index contributed by atoms with van der Waals surface area (Å²) in [5, 5.41) is 3.23. The summed E-state index contributed by atoms with van der Waals surface area (Å²) >= 11 is 1.58. The van der Waals surface area contributed by atoms with Crippen LogP contribution in [0.5, 0.6) is 0 Å². The van der Waals surface area contributed by atoms with E-state index in [1.165, 1.54) is 25.9 Å². The first-order valence-electron chi connectivity index (χ1n) is 7.17. The van der Waals surface area contributed by atoms with E-state index in [1.54, 1.807) is 16.8 Å². The number of para-hydroxylation sites is 1. The summed E-state index contributed by atoms with van der Waals surface area (Å²) in [4.78, 5) is 19.3. The van der Waals surface area contributed by atoms with E-state index in [0.29, 0.717) is 17.5 Å². The van der Waals surface area contributed by atoms with Gasteiger partial charge < -0.3 is 10.2 Å². The molecule has 1 atom stereocenters. The maximum atomic E-state index is 12.5. The summed E-state index contributed by atoms with van der Waals surface area (Å²) in [6.45, 7) is 3.39. The van der Waals surface area contributed by atoms with Gasteiger partial charge in [-0.3, -0.25) is 4.79 Å². The highest BCUT2D eigenvalue weighted by molar-refractivity contribution is 7.16. The molecule has 1 amide bonds. The van der Waals surface area contributed by atoms with Crippen LogP contribution in [0.4, 0.5) is 0 Å². The second-order valence-corrected chi connectivity index (χ2v) is 6.61. The summed E-state index contributed by atoms with van der Waals surface area (Å²) in [5.41, 5.74) is 3.34. The molecule has 0 spiro atoms. The molecule has 3 saturated heterocycles. The minimum atomic E-state index is 0. The lowest BCUT2D eigenvalue weighted by atomic mass is 9.84. The van der Waals surface area contributed by atoms with Crippen molar-refractivity contribution >= 4 is 39.9 Å². The Hall–Kier alpha value is -1.17. The van der Waals surface area contributed by atoms with E-state index in [-0.39, 0.29) is 18.3 Å². The van der Waals surface area contributed by atoms with Gasteiger partial charge >= 0.3 is 0 Å². The highest BCUT2D eigenvalue weighted by Crippen LogP contribution is 2.28. The number of amides is 1. The number of benzene rings is 1. The lowest BCUT2D eigenvalue weighted by Gasteiger charge is -2.44. The number of carbonyl (C=O) groups excluding carboxylic acids is 1. The molecule has 5 rings (SSSR count). The molecular weight excluding hydrogens is 306 g/mol. The summed E-state index contributed by atoms with van der Waals surface area (Å²) < 4.78 is 1.08. The third-order valence-electron chi connectivity index (χ3n) is 4.58. The average Bonchev–Trinajstić information content (AvgIpc) is 2.96. The Labute approximate surface area is 134 Å². The smallest absolute Gasteiger partial charge is 0.253 e. The number of aromatic nitrogens is 1. The Bertz CT molecular complexity index is 651. The quantitative estimate of drug-likeness (QED) is 0.923. The summed E-state index contributed by atoms with van der Waals surface area (Å²) in [5.74, 6) is 0.679. The lowest BCUT2D eigenvalue weighted by Crippen LogP contribution is -2.57. The van der Waals surface area contributed by atoms with Crippen LogP contribution in [-0.2, 0) is 0 Å². The van der Waals surface area contributed by atoms with Crippen LogP contribution in [0.1, 0.15) is 23.2 Å². The van der Waals surface area contributed by atoms with Gasteiger partial charge in [0, 0.05) is 12.6 Å². The van der Waals surface area contributed by atoms with Crippen LogP contribution in [0, 0.1) is 5.92 Å². The first-order valence-corrected chi connectivity index (χ1v) is 8.04. The fourth-order valence-corrected chi connectivity index (χ4v) is 4.15. The molecule has 3 fully saturated rings. The van der Waals surface area contributed by atoms with Gasteiger partial charge in [-0.25, -0.2) is 4.98 Å². The molecule has 3 aliphatic rings. The molecule has 6 heteroatoms. The SMILES string of the molecule is Cl.O=C(N[C@@H]1CN2CCC1CC2)c1cccc2scnc12. The van der Waals surface area contributed by atoms with Gasteiger partial charge in [-0.15, -0.1) is 23.7 Å². The van der Waals surface area contributed by atoms with Crippen LogP contribution in [0.25, 0.3) is 10.2 Å². The van der Waals surface area contributed by atoms with Crippen LogP contribution in [0.3, 0.4) is 0 Å². The first-order chi connectivity index (χ1) is 9.81. The van der Waals surface area contributed by atoms with E-state index < -0.39 is 0 Å². The van der Waals surface area contributed by atoms with Gasteiger partial charge in [-0.05, 0) is 44.0 Å². The van der Waals surface area contributed by atoms with E-state index in [0.717, 1.165) is 16.8 Å². The predicted octanol–water partition coefficient (Wildman–Crippen LogP) is 2.54. The minimum Gasteiger partial charge on any atom is -0.348 e. The fourth-order valence-electron chi connectivity index (χ4n) is 3.44. The number of piperidine rings is 3. The van der Waals surface area contributed by atoms with Crippen molar-refractivity contribution in [3.63, 3.8) is 0 Å². The topological polar surface area (TPSA) is 45.2 Å². The zero-order valence-electron chi connectivity index (χ0n) is 11.6. The number of halogens is 1. The van der Waals surface area contributed by atoms with Crippen LogP contribution in [0.2, 0.25) is 0 Å². The van der Waals surface area contributed by atoms with Gasteiger partial charge in [-0.2, -0.15) is 0 Å². The number of hydrogen-bond donors (Lipinski definition) is 1. The van der Waals surface area contributed by atoms with Crippen molar-refractivity contribution in [1.29, 1.82) is 0 Å². The summed E-state index contributed by atoms with van der Waals surface area (Å²) in [6, 6.07) is 6.13. The molecule has 2 aromatic rings. The Kier molecular flexibility index (Phi) is 4.15. The molecule has 0 aliphatic carbocycles. The zero-order valence-corrected chi connectivity index (χ0v) is 13.3. The van der Waals surface area contributed by atoms with E-state index in [4.69, 9.17) is 0 Å². The predicted molar refractivity (Wildman–Crippen MR) is 87.3 cm³/mol. The van der Waals surface area contributed by atoms with Crippen LogP contribution >= 0.6 is 23.7 Å². The molecule has 0 saturated carbocycles. The second-order valence-electron chi connectivity index (χ2n) is 5.72. The first kappa shape index (κ1) is 14.8. The van der Waals surface area contributed by atoms with Crippen molar-refractivity contribution in [2.45, 2.75) is 18.9 Å². The second kappa shape index (κ2) is 5.91. The molecule has 1 N–H and O–H groups in total. The van der Waals surface area contributed by atoms with Crippen molar-refractivity contribution in [1.82, 2.24) is 15.2 Å². The maximum absolute atomic E-state index is 12.5. The highest BCUT2D eigenvalue weighted by atomic mass is 35.5. The maximum Gasteiger partial charge on any atom is 0.253 e. The minimum absolute atomic E-state index is 0. The molecule has 2 bridgehead atoms. The fraction of sp³-hybridized carbons (Fsp3) is 0.467. The number of hydrogen-bond acceptors (Lipinski definition) is 4. The lowest BCUT2D eigenvalue weighted by molar-refractivity contribution is 0.0621. The molecule has 4 heterocycles. The summed E-state index contributed by atoms with van der Waals surface area (Å²) in [6.07, 6.45) is 2.43. The Morgan fingerprint density at radius 1 is 1.33 bits per heavy atom.